The van der Waals surface area contributed by atoms with Crippen LogP contribution in [0.3, 0.4) is 0 Å². The maximum atomic E-state index is 13.1. The molecule has 0 aliphatic carbocycles. The predicted molar refractivity (Wildman–Crippen MR) is 116 cm³/mol. The number of nitrogens with one attached hydrogen (secondary N) is 1. The van der Waals surface area contributed by atoms with E-state index in [1.54, 1.807) is 44.6 Å². The van der Waals surface area contributed by atoms with Gasteiger partial charge in [-0.15, -0.1) is 10.2 Å². The topological polar surface area (TPSA) is 89.7 Å². The number of anilines is 1. The van der Waals surface area contributed by atoms with Gasteiger partial charge < -0.3 is 19.2 Å². The van der Waals surface area contributed by atoms with E-state index in [0.29, 0.717) is 41.1 Å². The van der Waals surface area contributed by atoms with Gasteiger partial charge in [0.15, 0.2) is 11.5 Å². The molecule has 3 aromatic rings. The van der Waals surface area contributed by atoms with Crippen LogP contribution in [0.4, 0.5) is 10.1 Å². The van der Waals surface area contributed by atoms with Gasteiger partial charge in [0.1, 0.15) is 5.82 Å². The van der Waals surface area contributed by atoms with Crippen LogP contribution in [0.2, 0.25) is 0 Å². The highest BCUT2D eigenvalue weighted by Crippen LogP contribution is 2.31. The Balaban J connectivity index is 1.29. The number of halogens is 1. The van der Waals surface area contributed by atoms with Crippen molar-refractivity contribution >= 4 is 11.6 Å². The highest BCUT2D eigenvalue weighted by atomic mass is 19.1. The van der Waals surface area contributed by atoms with Gasteiger partial charge in [-0.3, -0.25) is 9.69 Å². The Morgan fingerprint density at radius 3 is 2.50 bits per heavy atom. The van der Waals surface area contributed by atoms with Crippen LogP contribution in [-0.4, -0.2) is 54.9 Å². The molecule has 4 rings (SSSR count). The molecule has 0 radical (unpaired) electrons. The van der Waals surface area contributed by atoms with Crippen molar-refractivity contribution in [3.05, 3.63) is 54.2 Å². The molecule has 0 atom stereocenters. The van der Waals surface area contributed by atoms with Crippen molar-refractivity contribution in [2.75, 3.05) is 39.2 Å². The third kappa shape index (κ3) is 5.05. The third-order valence-corrected chi connectivity index (χ3v) is 5.50. The standard InChI is InChI=1S/C23H25FN4O4/c1-30-19-8-7-18(13-20(19)31-2)25-21(29)14-28-11-9-16(10-12-28)23-27-26-22(32-23)15-3-5-17(24)6-4-15/h3-8,13,16H,9-12,14H2,1-2H3,(H,25,29). The van der Waals surface area contributed by atoms with Gasteiger partial charge in [-0.05, 0) is 62.3 Å². The summed E-state index contributed by atoms with van der Waals surface area (Å²) in [7, 11) is 3.12. The summed E-state index contributed by atoms with van der Waals surface area (Å²) in [6.07, 6.45) is 1.63. The molecule has 1 saturated heterocycles. The molecule has 1 aliphatic heterocycles. The Kier molecular flexibility index (Phi) is 6.65. The van der Waals surface area contributed by atoms with Crippen LogP contribution in [0.25, 0.3) is 11.5 Å². The molecule has 9 heteroatoms. The van der Waals surface area contributed by atoms with Crippen molar-refractivity contribution in [1.29, 1.82) is 0 Å². The largest absolute Gasteiger partial charge is 0.493 e. The molecule has 168 valence electrons. The van der Waals surface area contributed by atoms with Crippen molar-refractivity contribution in [3.63, 3.8) is 0 Å². The van der Waals surface area contributed by atoms with E-state index in [1.165, 1.54) is 12.1 Å². The zero-order valence-electron chi connectivity index (χ0n) is 18.0. The molecular formula is C23H25FN4O4. The first-order chi connectivity index (χ1) is 15.6. The van der Waals surface area contributed by atoms with E-state index < -0.39 is 0 Å². The number of methoxy groups -OCH3 is 2. The third-order valence-electron chi connectivity index (χ3n) is 5.50. The average Bonchev–Trinajstić information content (AvgIpc) is 3.30. The van der Waals surface area contributed by atoms with Crippen LogP contribution in [0.15, 0.2) is 46.9 Å². The summed E-state index contributed by atoms with van der Waals surface area (Å²) in [6.45, 7) is 1.79. The fourth-order valence-electron chi connectivity index (χ4n) is 3.76. The second kappa shape index (κ2) is 9.78. The lowest BCUT2D eigenvalue weighted by molar-refractivity contribution is -0.117. The SMILES string of the molecule is COc1ccc(NC(=O)CN2CCC(c3nnc(-c4ccc(F)cc4)o3)CC2)cc1OC. The van der Waals surface area contributed by atoms with Crippen molar-refractivity contribution in [3.8, 4) is 23.0 Å². The van der Waals surface area contributed by atoms with E-state index in [-0.39, 0.29) is 17.6 Å². The number of carbonyl (C=O) groups excluding carboxylic acids is 1. The minimum Gasteiger partial charge on any atom is -0.493 e. The lowest BCUT2D eigenvalue weighted by Crippen LogP contribution is -2.38. The van der Waals surface area contributed by atoms with Crippen LogP contribution in [0.1, 0.15) is 24.7 Å². The fourth-order valence-corrected chi connectivity index (χ4v) is 3.76. The number of likely N-dealkylation sites (tertiary alicyclic amines) is 1. The number of carbonyl (C=O) groups is 1. The fraction of sp³-hybridized carbons (Fsp3) is 0.348. The van der Waals surface area contributed by atoms with E-state index in [9.17, 15) is 9.18 Å². The molecule has 1 amide bonds. The number of rotatable bonds is 7. The first-order valence-corrected chi connectivity index (χ1v) is 10.4. The minimum absolute atomic E-state index is 0.0907. The number of amides is 1. The molecular weight excluding hydrogens is 415 g/mol. The van der Waals surface area contributed by atoms with Gasteiger partial charge >= 0.3 is 0 Å². The van der Waals surface area contributed by atoms with Gasteiger partial charge in [-0.25, -0.2) is 4.39 Å². The second-order valence-corrected chi connectivity index (χ2v) is 7.62. The molecule has 0 bridgehead atoms. The molecule has 0 saturated carbocycles. The van der Waals surface area contributed by atoms with Crippen LogP contribution < -0.4 is 14.8 Å². The number of ether oxygens (including phenoxy) is 2. The predicted octanol–water partition coefficient (Wildman–Crippen LogP) is 3.71. The maximum Gasteiger partial charge on any atom is 0.247 e. The van der Waals surface area contributed by atoms with E-state index in [4.69, 9.17) is 13.9 Å². The Morgan fingerprint density at radius 2 is 1.81 bits per heavy atom. The molecule has 8 nitrogen and oxygen atoms in total. The van der Waals surface area contributed by atoms with E-state index in [1.807, 2.05) is 0 Å². The molecule has 0 spiro atoms. The quantitative estimate of drug-likeness (QED) is 0.599. The smallest absolute Gasteiger partial charge is 0.247 e. The lowest BCUT2D eigenvalue weighted by Gasteiger charge is -2.29. The molecule has 2 heterocycles. The highest BCUT2D eigenvalue weighted by molar-refractivity contribution is 5.92. The number of piperidine rings is 1. The summed E-state index contributed by atoms with van der Waals surface area (Å²) in [5.41, 5.74) is 1.34. The summed E-state index contributed by atoms with van der Waals surface area (Å²) in [5, 5.41) is 11.2. The van der Waals surface area contributed by atoms with Crippen molar-refractivity contribution in [2.45, 2.75) is 18.8 Å². The van der Waals surface area contributed by atoms with Crippen LogP contribution >= 0.6 is 0 Å². The second-order valence-electron chi connectivity index (χ2n) is 7.62. The first-order valence-electron chi connectivity index (χ1n) is 10.4. The summed E-state index contributed by atoms with van der Waals surface area (Å²) in [4.78, 5) is 14.6. The number of nitrogens with zero attached hydrogens (tertiary/aromatic N) is 3. The van der Waals surface area contributed by atoms with E-state index >= 15 is 0 Å². The Morgan fingerprint density at radius 1 is 1.09 bits per heavy atom. The average molecular weight is 440 g/mol. The number of hydrogen-bond donors (Lipinski definition) is 1. The number of hydrogen-bond acceptors (Lipinski definition) is 7. The van der Waals surface area contributed by atoms with Gasteiger partial charge in [0, 0.05) is 23.2 Å². The zero-order valence-corrected chi connectivity index (χ0v) is 18.0. The van der Waals surface area contributed by atoms with Gasteiger partial charge in [-0.2, -0.15) is 0 Å². The van der Waals surface area contributed by atoms with Gasteiger partial charge in [0.25, 0.3) is 0 Å². The maximum absolute atomic E-state index is 13.1. The highest BCUT2D eigenvalue weighted by Gasteiger charge is 2.26. The summed E-state index contributed by atoms with van der Waals surface area (Å²) in [6, 6.07) is 11.2. The van der Waals surface area contributed by atoms with Gasteiger partial charge in [-0.1, -0.05) is 0 Å². The van der Waals surface area contributed by atoms with Crippen molar-refractivity contribution in [1.82, 2.24) is 15.1 Å². The molecule has 1 N–H and O–H groups in total. The summed E-state index contributed by atoms with van der Waals surface area (Å²) < 4.78 is 29.4. The lowest BCUT2D eigenvalue weighted by atomic mass is 9.97. The first kappa shape index (κ1) is 21.8. The summed E-state index contributed by atoms with van der Waals surface area (Å²) >= 11 is 0. The molecule has 32 heavy (non-hydrogen) atoms. The number of benzene rings is 2. The Labute approximate surface area is 185 Å². The van der Waals surface area contributed by atoms with E-state index in [2.05, 4.69) is 20.4 Å². The monoisotopic (exact) mass is 440 g/mol. The Bertz CT molecular complexity index is 1060. The Hall–Kier alpha value is -3.46. The van der Waals surface area contributed by atoms with Gasteiger partial charge in [0.05, 0.1) is 20.8 Å². The summed E-state index contributed by atoms with van der Waals surface area (Å²) in [5.74, 6) is 1.88. The number of aromatic nitrogens is 2. The van der Waals surface area contributed by atoms with Crippen LogP contribution in [-0.2, 0) is 4.79 Å². The minimum atomic E-state index is -0.309. The van der Waals surface area contributed by atoms with Crippen molar-refractivity contribution in [2.24, 2.45) is 0 Å². The van der Waals surface area contributed by atoms with E-state index in [0.717, 1.165) is 25.9 Å². The van der Waals surface area contributed by atoms with Crippen LogP contribution in [0.5, 0.6) is 11.5 Å². The molecule has 1 fully saturated rings. The zero-order chi connectivity index (χ0) is 22.5. The normalized spacial score (nSPS) is 14.8. The molecule has 0 unspecified atom stereocenters. The van der Waals surface area contributed by atoms with Crippen LogP contribution in [0, 0.1) is 5.82 Å². The van der Waals surface area contributed by atoms with Gasteiger partial charge in [0.2, 0.25) is 17.7 Å². The molecule has 2 aromatic carbocycles. The van der Waals surface area contributed by atoms with Crippen molar-refractivity contribution < 1.29 is 23.1 Å². The molecule has 1 aliphatic rings. The molecule has 1 aromatic heterocycles.